The third kappa shape index (κ3) is 4.50. The van der Waals surface area contributed by atoms with Gasteiger partial charge >= 0.3 is 5.97 Å². The maximum atomic E-state index is 10.8. The Bertz CT molecular complexity index is 156. The minimum absolute atomic E-state index is 0.0524. The Hall–Kier alpha value is -0.900. The zero-order valence-electron chi connectivity index (χ0n) is 6.54. The van der Waals surface area contributed by atoms with Gasteiger partial charge < -0.3 is 10.8 Å². The topological polar surface area (TPSA) is 80.4 Å². The summed E-state index contributed by atoms with van der Waals surface area (Å²) in [7, 11) is 0. The number of carboxylic acid groups (broad SMARTS) is 1. The molecule has 0 aromatic heterocycles. The van der Waals surface area contributed by atoms with Crippen LogP contribution in [0.5, 0.6) is 0 Å². The second-order valence-electron chi connectivity index (χ2n) is 2.44. The van der Waals surface area contributed by atoms with Crippen LogP contribution in [0, 0.1) is 0 Å². The third-order valence-corrected chi connectivity index (χ3v) is 1.29. The first-order valence-electron chi connectivity index (χ1n) is 3.58. The molecule has 3 N–H and O–H groups in total. The van der Waals surface area contributed by atoms with Gasteiger partial charge in [-0.2, -0.15) is 0 Å². The van der Waals surface area contributed by atoms with E-state index in [1.54, 1.807) is 0 Å². The lowest BCUT2D eigenvalue weighted by Gasteiger charge is -2.03. The van der Waals surface area contributed by atoms with Crippen molar-refractivity contribution in [3.63, 3.8) is 0 Å². The molecule has 4 heteroatoms. The largest absolute Gasteiger partial charge is 0.480 e. The van der Waals surface area contributed by atoms with E-state index in [9.17, 15) is 9.59 Å². The quantitative estimate of drug-likeness (QED) is 0.598. The van der Waals surface area contributed by atoms with Crippen LogP contribution in [0.15, 0.2) is 0 Å². The van der Waals surface area contributed by atoms with E-state index < -0.39 is 12.0 Å². The van der Waals surface area contributed by atoms with E-state index in [2.05, 4.69) is 0 Å². The van der Waals surface area contributed by atoms with Crippen LogP contribution in [0.3, 0.4) is 0 Å². The molecule has 0 aliphatic rings. The zero-order chi connectivity index (χ0) is 8.85. The molecule has 0 aromatic carbocycles. The number of ketones is 1. The lowest BCUT2D eigenvalue weighted by atomic mass is 10.1. The molecule has 0 unspecified atom stereocenters. The predicted octanol–water partition coefficient (Wildman–Crippen LogP) is 0.158. The highest BCUT2D eigenvalue weighted by atomic mass is 16.4. The number of Topliss-reactive ketones (excluding diaryl/α,β-unsaturated/α-hetero) is 1. The van der Waals surface area contributed by atoms with Crippen molar-refractivity contribution in [3.05, 3.63) is 0 Å². The summed E-state index contributed by atoms with van der Waals surface area (Å²) >= 11 is 0. The van der Waals surface area contributed by atoms with Crippen LogP contribution in [0.1, 0.15) is 26.2 Å². The smallest absolute Gasteiger partial charge is 0.320 e. The summed E-state index contributed by atoms with van der Waals surface area (Å²) in [6, 6.07) is -1.03. The van der Waals surface area contributed by atoms with Gasteiger partial charge in [0.15, 0.2) is 0 Å². The summed E-state index contributed by atoms with van der Waals surface area (Å²) in [4.78, 5) is 21.0. The van der Waals surface area contributed by atoms with Crippen molar-refractivity contribution in [2.75, 3.05) is 0 Å². The molecule has 64 valence electrons. The SMILES string of the molecule is CCCC(=O)C[C@@H](N)C(=O)O. The van der Waals surface area contributed by atoms with Crippen molar-refractivity contribution < 1.29 is 14.7 Å². The van der Waals surface area contributed by atoms with Gasteiger partial charge in [0.2, 0.25) is 0 Å². The average molecular weight is 159 g/mol. The van der Waals surface area contributed by atoms with Crippen LogP contribution in [-0.2, 0) is 9.59 Å². The monoisotopic (exact) mass is 159 g/mol. The van der Waals surface area contributed by atoms with Crippen LogP contribution < -0.4 is 5.73 Å². The third-order valence-electron chi connectivity index (χ3n) is 1.29. The summed E-state index contributed by atoms with van der Waals surface area (Å²) in [5.41, 5.74) is 5.13. The number of aliphatic carboxylic acids is 1. The second kappa shape index (κ2) is 4.85. The van der Waals surface area contributed by atoms with Gasteiger partial charge in [-0.05, 0) is 6.42 Å². The van der Waals surface area contributed by atoms with Gasteiger partial charge in [0.1, 0.15) is 11.8 Å². The molecule has 0 saturated heterocycles. The Labute approximate surface area is 65.4 Å². The van der Waals surface area contributed by atoms with Crippen molar-refractivity contribution in [1.82, 2.24) is 0 Å². The lowest BCUT2D eigenvalue weighted by Crippen LogP contribution is -2.32. The highest BCUT2D eigenvalue weighted by Gasteiger charge is 2.14. The molecule has 0 rings (SSSR count). The van der Waals surface area contributed by atoms with Gasteiger partial charge in [-0.15, -0.1) is 0 Å². The normalized spacial score (nSPS) is 12.5. The van der Waals surface area contributed by atoms with E-state index in [-0.39, 0.29) is 12.2 Å². The minimum Gasteiger partial charge on any atom is -0.480 e. The van der Waals surface area contributed by atoms with Crippen LogP contribution >= 0.6 is 0 Å². The first kappa shape index (κ1) is 10.1. The molecule has 0 saturated carbocycles. The van der Waals surface area contributed by atoms with E-state index in [0.29, 0.717) is 6.42 Å². The lowest BCUT2D eigenvalue weighted by molar-refractivity contribution is -0.140. The van der Waals surface area contributed by atoms with Crippen molar-refractivity contribution in [1.29, 1.82) is 0 Å². The van der Waals surface area contributed by atoms with Gasteiger partial charge in [0.05, 0.1) is 0 Å². The molecular weight excluding hydrogens is 146 g/mol. The van der Waals surface area contributed by atoms with Crippen molar-refractivity contribution in [2.24, 2.45) is 5.73 Å². The van der Waals surface area contributed by atoms with Crippen LogP contribution in [0.25, 0.3) is 0 Å². The molecule has 0 aliphatic carbocycles. The molecule has 0 radical (unpaired) electrons. The molecule has 0 aliphatic heterocycles. The minimum atomic E-state index is -1.12. The van der Waals surface area contributed by atoms with Crippen LogP contribution in [-0.4, -0.2) is 22.9 Å². The van der Waals surface area contributed by atoms with E-state index >= 15 is 0 Å². The van der Waals surface area contributed by atoms with Crippen molar-refractivity contribution >= 4 is 11.8 Å². The van der Waals surface area contributed by atoms with Gasteiger partial charge in [0.25, 0.3) is 0 Å². The highest BCUT2D eigenvalue weighted by Crippen LogP contribution is 1.97. The van der Waals surface area contributed by atoms with Crippen LogP contribution in [0.4, 0.5) is 0 Å². The molecule has 0 aromatic rings. The fourth-order valence-electron chi connectivity index (χ4n) is 0.713. The molecule has 4 nitrogen and oxygen atoms in total. The first-order valence-corrected chi connectivity index (χ1v) is 3.58. The fourth-order valence-corrected chi connectivity index (χ4v) is 0.713. The van der Waals surface area contributed by atoms with Crippen molar-refractivity contribution in [2.45, 2.75) is 32.2 Å². The maximum absolute atomic E-state index is 10.8. The van der Waals surface area contributed by atoms with Gasteiger partial charge in [-0.25, -0.2) is 0 Å². The van der Waals surface area contributed by atoms with Gasteiger partial charge in [-0.1, -0.05) is 6.92 Å². The Morgan fingerprint density at radius 2 is 2.09 bits per heavy atom. The summed E-state index contributed by atoms with van der Waals surface area (Å²) < 4.78 is 0. The fraction of sp³-hybridized carbons (Fsp3) is 0.714. The predicted molar refractivity (Wildman–Crippen MR) is 40.1 cm³/mol. The Morgan fingerprint density at radius 1 is 1.55 bits per heavy atom. The number of hydrogen-bond donors (Lipinski definition) is 2. The van der Waals surface area contributed by atoms with E-state index in [1.807, 2.05) is 6.92 Å². The summed E-state index contributed by atoms with van der Waals surface area (Å²) in [5.74, 6) is -1.20. The molecule has 1 atom stereocenters. The molecule has 0 amide bonds. The maximum Gasteiger partial charge on any atom is 0.320 e. The van der Waals surface area contributed by atoms with Gasteiger partial charge in [0, 0.05) is 12.8 Å². The second-order valence-corrected chi connectivity index (χ2v) is 2.44. The van der Waals surface area contributed by atoms with E-state index in [1.165, 1.54) is 0 Å². The summed E-state index contributed by atoms with van der Waals surface area (Å²) in [5, 5.41) is 8.32. The molecule has 0 heterocycles. The molecule has 0 spiro atoms. The number of nitrogens with two attached hydrogens (primary N) is 1. The Morgan fingerprint density at radius 3 is 2.45 bits per heavy atom. The number of hydrogen-bond acceptors (Lipinski definition) is 3. The Kier molecular flexibility index (Phi) is 4.45. The number of rotatable bonds is 5. The first-order chi connectivity index (χ1) is 5.07. The molecule has 0 bridgehead atoms. The number of carbonyl (C=O) groups excluding carboxylic acids is 1. The average Bonchev–Trinajstić information content (AvgIpc) is 1.87. The molecule has 0 fully saturated rings. The molecule has 11 heavy (non-hydrogen) atoms. The van der Waals surface area contributed by atoms with E-state index in [0.717, 1.165) is 6.42 Å². The summed E-state index contributed by atoms with van der Waals surface area (Å²) in [6.07, 6.45) is 1.11. The summed E-state index contributed by atoms with van der Waals surface area (Å²) in [6.45, 7) is 1.87. The van der Waals surface area contributed by atoms with Gasteiger partial charge in [-0.3, -0.25) is 9.59 Å². The highest BCUT2D eigenvalue weighted by molar-refractivity contribution is 5.85. The standard InChI is InChI=1S/C7H13NO3/c1-2-3-5(9)4-6(8)7(10)11/h6H,2-4,8H2,1H3,(H,10,11)/t6-/m1/s1. The molecular formula is C7H13NO3. The van der Waals surface area contributed by atoms with Crippen LogP contribution in [0.2, 0.25) is 0 Å². The zero-order valence-corrected chi connectivity index (χ0v) is 6.54. The number of carbonyl (C=O) groups is 2. The van der Waals surface area contributed by atoms with Crippen molar-refractivity contribution in [3.8, 4) is 0 Å². The number of carboxylic acids is 1. The van der Waals surface area contributed by atoms with E-state index in [4.69, 9.17) is 10.8 Å². The Balaban J connectivity index is 3.66.